The molecule has 11 N–H and O–H groups in total. The van der Waals surface area contributed by atoms with Gasteiger partial charge < -0.3 is 56.8 Å². The highest BCUT2D eigenvalue weighted by Gasteiger charge is 2.32. The number of benzene rings is 4. The number of carbonyl (C=O) groups is 4. The number of aromatic amines is 1. The van der Waals surface area contributed by atoms with Gasteiger partial charge >= 0.3 is 5.97 Å². The van der Waals surface area contributed by atoms with Gasteiger partial charge in [-0.25, -0.2) is 4.79 Å². The zero-order valence-corrected chi connectivity index (χ0v) is 50.7. The van der Waals surface area contributed by atoms with E-state index >= 15 is 0 Å². The summed E-state index contributed by atoms with van der Waals surface area (Å²) in [6.07, 6.45) is 6.57. The van der Waals surface area contributed by atoms with Crippen molar-refractivity contribution in [3.63, 3.8) is 0 Å². The number of nitrogens with zero attached hydrogens (tertiary/aromatic N) is 7. The van der Waals surface area contributed by atoms with Crippen molar-refractivity contribution in [2.24, 2.45) is 0 Å². The minimum absolute atomic E-state index is 0.0236. The highest BCUT2D eigenvalue weighted by atomic mass is 79.9. The molecule has 0 unspecified atom stereocenters. The molecule has 0 aliphatic rings. The third-order valence-corrected chi connectivity index (χ3v) is 14.3. The number of nitrogen functional groups attached to an aromatic ring is 1. The maximum absolute atomic E-state index is 12.3. The molecule has 24 heteroatoms. The molecule has 0 aliphatic carbocycles. The van der Waals surface area contributed by atoms with Gasteiger partial charge in [-0.15, -0.1) is 0 Å². The standard InChI is InChI=1S/C17H16N4O2.2C12H13BrN2O2.C8H8N2.C5H4N2.C4H7BrO3/c1-12-7-15(4-3-14(12)9-19)20-16(22)17(2,23)11-21-6-5-13(8-18)10-21;2*1-8-5-10(4-3-9(8)6-14)15-11(16)12(2,17)7-13;1-6-4-8(10)3-2-7(6)5-9;6-3-5-1-2-7-4-5;1-4(8,2-5)3(6)7/h3-7,10,23H,11H2,1-2H3,(H,20,22);2*3-5,17H,7H2,1-2H3,(H,15,16);2-4H,10H2,1H3;1-2,4,7H;8H,2H2,1H3,(H,6,7)/t17-;2*12-;;;4-/m000..0/s1. The lowest BCUT2D eigenvalue weighted by Crippen LogP contribution is -2.43. The molecule has 6 rings (SSSR count). The van der Waals surface area contributed by atoms with Gasteiger partial charge in [-0.1, -0.05) is 47.8 Å². The van der Waals surface area contributed by atoms with Crippen LogP contribution in [0.3, 0.4) is 0 Å². The Hall–Kier alpha value is -8.66. The lowest BCUT2D eigenvalue weighted by Gasteiger charge is -2.23. The number of aryl methyl sites for hydroxylation is 4. The third kappa shape index (κ3) is 24.0. The van der Waals surface area contributed by atoms with Crippen molar-refractivity contribution in [3.05, 3.63) is 165 Å². The number of aliphatic hydroxyl groups is 4. The van der Waals surface area contributed by atoms with Crippen molar-refractivity contribution in [3.8, 4) is 36.4 Å². The number of hydrogen-bond acceptors (Lipinski definition) is 15. The molecule has 3 amide bonds. The number of carbonyl (C=O) groups excluding carboxylic acids is 3. The minimum Gasteiger partial charge on any atom is -0.479 e. The largest absolute Gasteiger partial charge is 0.479 e. The van der Waals surface area contributed by atoms with Gasteiger partial charge in [0.05, 0.1) is 64.2 Å². The fraction of sp³-hybridized carbons (Fsp3) is 0.276. The first kappa shape index (κ1) is 71.4. The smallest absolute Gasteiger partial charge is 0.336 e. The van der Waals surface area contributed by atoms with E-state index in [9.17, 15) is 34.5 Å². The fourth-order valence-electron chi connectivity index (χ4n) is 5.81. The third-order valence-electron chi connectivity index (χ3n) is 11.0. The maximum Gasteiger partial charge on any atom is 0.336 e. The van der Waals surface area contributed by atoms with Crippen LogP contribution in [0, 0.1) is 95.7 Å². The number of nitrogens with one attached hydrogen (secondary N) is 4. The number of anilines is 4. The summed E-state index contributed by atoms with van der Waals surface area (Å²) in [6.45, 7) is 12.7. The zero-order valence-electron chi connectivity index (χ0n) is 45.9. The Bertz CT molecular complexity index is 3340. The number of alkyl halides is 3. The number of carboxylic acids is 1. The van der Waals surface area contributed by atoms with Gasteiger partial charge in [-0.3, -0.25) is 14.4 Å². The van der Waals surface area contributed by atoms with Crippen LogP contribution in [0.4, 0.5) is 22.7 Å². The van der Waals surface area contributed by atoms with E-state index in [0.29, 0.717) is 56.1 Å². The SMILES string of the molecule is C[C@](O)(CBr)C(=O)O.Cc1cc(N)ccc1C#N.Cc1cc(NC(=O)[C@@](C)(O)CBr)ccc1C#N.Cc1cc(NC(=O)[C@@](C)(O)CBr)ccc1C#N.Cc1cc(NC(=O)[C@@](C)(O)Cn2ccc(C#N)c2)ccc1C#N.N#Cc1cc[nH]c1. The Labute approximate surface area is 500 Å². The molecule has 4 aromatic carbocycles. The number of nitriles is 6. The Kier molecular flexibility index (Phi) is 29.4. The van der Waals surface area contributed by atoms with Crippen molar-refractivity contribution in [2.45, 2.75) is 84.3 Å². The van der Waals surface area contributed by atoms with Crippen LogP contribution in [-0.4, -0.2) is 97.2 Å². The molecule has 0 saturated heterocycles. The number of halogens is 3. The Morgan fingerprint density at radius 1 is 0.524 bits per heavy atom. The van der Waals surface area contributed by atoms with Crippen molar-refractivity contribution >= 4 is 94.2 Å². The summed E-state index contributed by atoms with van der Waals surface area (Å²) in [7, 11) is 0. The second-order valence-electron chi connectivity index (χ2n) is 18.7. The molecule has 6 aromatic rings. The number of hydrogen-bond donors (Lipinski definition) is 10. The Morgan fingerprint density at radius 2 is 0.878 bits per heavy atom. The van der Waals surface area contributed by atoms with E-state index in [1.165, 1.54) is 27.7 Å². The van der Waals surface area contributed by atoms with Gasteiger partial charge in [-0.2, -0.15) is 31.6 Å². The number of rotatable bonds is 12. The highest BCUT2D eigenvalue weighted by molar-refractivity contribution is 9.09. The van der Waals surface area contributed by atoms with Crippen molar-refractivity contribution < 1.29 is 44.7 Å². The second-order valence-corrected chi connectivity index (χ2v) is 20.4. The van der Waals surface area contributed by atoms with E-state index in [1.807, 2.05) is 31.2 Å². The van der Waals surface area contributed by atoms with Crippen LogP contribution in [0.1, 0.15) is 83.3 Å². The van der Waals surface area contributed by atoms with Gasteiger partial charge in [0.1, 0.15) is 23.3 Å². The first-order valence-corrected chi connectivity index (χ1v) is 27.3. The van der Waals surface area contributed by atoms with E-state index in [0.717, 1.165) is 22.3 Å². The molecule has 0 radical (unpaired) electrons. The van der Waals surface area contributed by atoms with Crippen molar-refractivity contribution in [1.82, 2.24) is 9.55 Å². The van der Waals surface area contributed by atoms with Gasteiger partial charge in [0.15, 0.2) is 11.2 Å². The summed E-state index contributed by atoms with van der Waals surface area (Å²) < 4.78 is 1.59. The van der Waals surface area contributed by atoms with E-state index in [4.69, 9.17) is 47.5 Å². The van der Waals surface area contributed by atoms with Crippen LogP contribution in [0.5, 0.6) is 0 Å². The van der Waals surface area contributed by atoms with E-state index in [1.54, 1.807) is 135 Å². The van der Waals surface area contributed by atoms with Crippen LogP contribution >= 0.6 is 47.8 Å². The van der Waals surface area contributed by atoms with Crippen LogP contribution in [0.25, 0.3) is 0 Å². The average molecular weight is 1310 g/mol. The van der Waals surface area contributed by atoms with Crippen LogP contribution in [-0.2, 0) is 25.7 Å². The summed E-state index contributed by atoms with van der Waals surface area (Å²) in [5.41, 5.74) is 8.37. The van der Waals surface area contributed by atoms with Crippen LogP contribution in [0.15, 0.2) is 110 Å². The predicted molar refractivity (Wildman–Crippen MR) is 320 cm³/mol. The number of aromatic nitrogens is 2. The molecule has 82 heavy (non-hydrogen) atoms. The molecule has 0 aliphatic heterocycles. The minimum atomic E-state index is -1.65. The molecule has 0 fully saturated rings. The summed E-state index contributed by atoms with van der Waals surface area (Å²) in [5, 5.41) is 107. The highest BCUT2D eigenvalue weighted by Crippen LogP contribution is 2.21. The lowest BCUT2D eigenvalue weighted by atomic mass is 10.1. The predicted octanol–water partition coefficient (Wildman–Crippen LogP) is 8.38. The normalized spacial score (nSPS) is 12.6. The Balaban J connectivity index is 0.000000515. The molecule has 21 nitrogen and oxygen atoms in total. The van der Waals surface area contributed by atoms with Crippen LogP contribution in [0.2, 0.25) is 0 Å². The first-order chi connectivity index (χ1) is 38.3. The van der Waals surface area contributed by atoms with E-state index in [2.05, 4.69) is 80.9 Å². The molecule has 0 spiro atoms. The molecule has 2 aromatic heterocycles. The van der Waals surface area contributed by atoms with Gasteiger partial charge in [0.25, 0.3) is 17.7 Å². The van der Waals surface area contributed by atoms with Gasteiger partial charge in [0.2, 0.25) is 0 Å². The van der Waals surface area contributed by atoms with E-state index < -0.39 is 46.1 Å². The van der Waals surface area contributed by atoms with Crippen LogP contribution < -0.4 is 21.7 Å². The number of carboxylic acid groups (broad SMARTS) is 1. The van der Waals surface area contributed by atoms with Crippen molar-refractivity contribution in [2.75, 3.05) is 37.7 Å². The van der Waals surface area contributed by atoms with E-state index in [-0.39, 0.29) is 22.5 Å². The topological polar surface area (TPSA) is 395 Å². The average Bonchev–Trinajstić information content (AvgIpc) is 4.15. The number of H-pyrrole nitrogens is 1. The van der Waals surface area contributed by atoms with Gasteiger partial charge in [0, 0.05) is 63.5 Å². The zero-order chi connectivity index (χ0) is 62.6. The fourth-order valence-corrected chi connectivity index (χ4v) is 6.56. The number of aliphatic carboxylic acids is 1. The monoisotopic (exact) mass is 1310 g/mol. The van der Waals surface area contributed by atoms with Crippen molar-refractivity contribution in [1.29, 1.82) is 31.6 Å². The Morgan fingerprint density at radius 3 is 1.13 bits per heavy atom. The molecule has 0 bridgehead atoms. The molecule has 0 saturated carbocycles. The molecule has 4 atom stereocenters. The quantitative estimate of drug-likeness (QED) is 0.0406. The molecule has 428 valence electrons. The number of amides is 3. The second kappa shape index (κ2) is 33.8. The molecular weight excluding hydrogens is 1250 g/mol. The molecule has 2 heterocycles. The maximum atomic E-state index is 12.3. The van der Waals surface area contributed by atoms with Gasteiger partial charge in [-0.05, 0) is 163 Å². The molecular formula is C58H61Br3N12O9. The first-order valence-electron chi connectivity index (χ1n) is 24.0. The number of nitrogens with two attached hydrogens (primary N) is 1. The summed E-state index contributed by atoms with van der Waals surface area (Å²) in [5.74, 6) is -2.75. The summed E-state index contributed by atoms with van der Waals surface area (Å²) >= 11 is 8.98. The summed E-state index contributed by atoms with van der Waals surface area (Å²) in [6, 6.07) is 35.6. The lowest BCUT2D eigenvalue weighted by molar-refractivity contribution is -0.154. The summed E-state index contributed by atoms with van der Waals surface area (Å²) in [4.78, 5) is 48.4.